The molecule has 1 heterocycles. The molecule has 0 amide bonds. The van der Waals surface area contributed by atoms with Crippen LogP contribution in [0.4, 0.5) is 4.39 Å². The van der Waals surface area contributed by atoms with E-state index >= 15 is 0 Å². The summed E-state index contributed by atoms with van der Waals surface area (Å²) in [5, 5.41) is 8.99. The first-order chi connectivity index (χ1) is 8.08. The lowest BCUT2D eigenvalue weighted by molar-refractivity contribution is 0.0690. The van der Waals surface area contributed by atoms with Crippen LogP contribution >= 0.6 is 11.5 Å². The van der Waals surface area contributed by atoms with Gasteiger partial charge in [-0.05, 0) is 36.2 Å². The number of carboxylic acid groups (broad SMARTS) is 1. The molecule has 1 aromatic heterocycles. The lowest BCUT2D eigenvalue weighted by Crippen LogP contribution is -2.02. The fourth-order valence-corrected chi connectivity index (χ4v) is 2.27. The molecule has 0 bridgehead atoms. The Balaban J connectivity index is 2.32. The van der Waals surface area contributed by atoms with Crippen LogP contribution in [0.15, 0.2) is 24.3 Å². The second kappa shape index (κ2) is 4.63. The summed E-state index contributed by atoms with van der Waals surface area (Å²) < 4.78 is 16.6. The SMILES string of the molecule is Cc1snc(C(=O)O)c1Cc1ccc(F)cc1. The molecule has 3 nitrogen and oxygen atoms in total. The van der Waals surface area contributed by atoms with Gasteiger partial charge in [0.15, 0.2) is 5.69 Å². The van der Waals surface area contributed by atoms with Gasteiger partial charge in [0.1, 0.15) is 5.82 Å². The number of hydrogen-bond acceptors (Lipinski definition) is 3. The highest BCUT2D eigenvalue weighted by Crippen LogP contribution is 2.21. The summed E-state index contributed by atoms with van der Waals surface area (Å²) in [5.74, 6) is -1.32. The average Bonchev–Trinajstić information content (AvgIpc) is 2.64. The maximum absolute atomic E-state index is 12.7. The van der Waals surface area contributed by atoms with Crippen LogP contribution in [0.1, 0.15) is 26.5 Å². The highest BCUT2D eigenvalue weighted by Gasteiger charge is 2.16. The molecule has 0 unspecified atom stereocenters. The molecule has 0 aliphatic rings. The molecule has 0 atom stereocenters. The normalized spacial score (nSPS) is 10.5. The zero-order valence-corrected chi connectivity index (χ0v) is 9.92. The molecule has 88 valence electrons. The van der Waals surface area contributed by atoms with E-state index in [1.54, 1.807) is 12.1 Å². The number of aromatic nitrogens is 1. The lowest BCUT2D eigenvalue weighted by Gasteiger charge is -2.02. The van der Waals surface area contributed by atoms with Crippen molar-refractivity contribution in [2.75, 3.05) is 0 Å². The number of rotatable bonds is 3. The standard InChI is InChI=1S/C12H10FNO2S/c1-7-10(11(12(15)16)14-17-7)6-8-2-4-9(13)5-3-8/h2-5H,6H2,1H3,(H,15,16). The summed E-state index contributed by atoms with van der Waals surface area (Å²) >= 11 is 1.18. The molecular formula is C12H10FNO2S. The molecule has 2 aromatic rings. The molecule has 1 aromatic carbocycles. The Labute approximate surface area is 102 Å². The van der Waals surface area contributed by atoms with Gasteiger partial charge in [0.25, 0.3) is 0 Å². The van der Waals surface area contributed by atoms with Crippen molar-refractivity contribution in [1.29, 1.82) is 0 Å². The van der Waals surface area contributed by atoms with Crippen molar-refractivity contribution < 1.29 is 14.3 Å². The maximum Gasteiger partial charge on any atom is 0.355 e. The molecule has 0 saturated carbocycles. The second-order valence-corrected chi connectivity index (χ2v) is 4.65. The van der Waals surface area contributed by atoms with Crippen molar-refractivity contribution in [3.8, 4) is 0 Å². The van der Waals surface area contributed by atoms with Crippen LogP contribution in [0.25, 0.3) is 0 Å². The molecular weight excluding hydrogens is 241 g/mol. The van der Waals surface area contributed by atoms with Crippen LogP contribution in [0, 0.1) is 12.7 Å². The largest absolute Gasteiger partial charge is 0.476 e. The summed E-state index contributed by atoms with van der Waals surface area (Å²) in [5.41, 5.74) is 1.67. The molecule has 0 aliphatic heterocycles. The van der Waals surface area contributed by atoms with Crippen molar-refractivity contribution in [2.24, 2.45) is 0 Å². The third-order valence-electron chi connectivity index (χ3n) is 2.48. The van der Waals surface area contributed by atoms with E-state index in [9.17, 15) is 9.18 Å². The third kappa shape index (κ3) is 2.50. The Morgan fingerprint density at radius 2 is 2.06 bits per heavy atom. The number of halogens is 1. The van der Waals surface area contributed by atoms with Gasteiger partial charge in [0.05, 0.1) is 0 Å². The van der Waals surface area contributed by atoms with Gasteiger partial charge in [-0.25, -0.2) is 9.18 Å². The minimum atomic E-state index is -1.02. The molecule has 0 spiro atoms. The molecule has 0 fully saturated rings. The fraction of sp³-hybridized carbons (Fsp3) is 0.167. The Bertz CT molecular complexity index is 548. The maximum atomic E-state index is 12.7. The first-order valence-corrected chi connectivity index (χ1v) is 5.78. The summed E-state index contributed by atoms with van der Waals surface area (Å²) in [7, 11) is 0. The molecule has 0 radical (unpaired) electrons. The average molecular weight is 251 g/mol. The van der Waals surface area contributed by atoms with Gasteiger partial charge in [0.2, 0.25) is 0 Å². The number of carboxylic acids is 1. The van der Waals surface area contributed by atoms with Crippen molar-refractivity contribution in [3.05, 3.63) is 51.8 Å². The van der Waals surface area contributed by atoms with E-state index in [-0.39, 0.29) is 11.5 Å². The molecule has 5 heteroatoms. The van der Waals surface area contributed by atoms with Crippen LogP contribution in [0.5, 0.6) is 0 Å². The highest BCUT2D eigenvalue weighted by molar-refractivity contribution is 7.06. The summed E-state index contributed by atoms with van der Waals surface area (Å²) in [6.07, 6.45) is 0.463. The van der Waals surface area contributed by atoms with E-state index in [0.717, 1.165) is 10.4 Å². The zero-order valence-electron chi connectivity index (χ0n) is 9.11. The Hall–Kier alpha value is -1.75. The monoisotopic (exact) mass is 251 g/mol. The Morgan fingerprint density at radius 1 is 1.41 bits per heavy atom. The zero-order chi connectivity index (χ0) is 12.4. The van der Waals surface area contributed by atoms with Crippen molar-refractivity contribution in [2.45, 2.75) is 13.3 Å². The Morgan fingerprint density at radius 3 is 2.65 bits per heavy atom. The minimum Gasteiger partial charge on any atom is -0.476 e. The third-order valence-corrected chi connectivity index (χ3v) is 3.28. The number of hydrogen-bond donors (Lipinski definition) is 1. The fourth-order valence-electron chi connectivity index (χ4n) is 1.57. The number of carbonyl (C=O) groups is 1. The van der Waals surface area contributed by atoms with Crippen LogP contribution < -0.4 is 0 Å². The van der Waals surface area contributed by atoms with Gasteiger partial charge < -0.3 is 5.11 Å². The van der Waals surface area contributed by atoms with Gasteiger partial charge in [0, 0.05) is 16.9 Å². The molecule has 17 heavy (non-hydrogen) atoms. The van der Waals surface area contributed by atoms with Gasteiger partial charge in [-0.1, -0.05) is 12.1 Å². The molecule has 2 rings (SSSR count). The van der Waals surface area contributed by atoms with E-state index in [1.807, 2.05) is 6.92 Å². The summed E-state index contributed by atoms with van der Waals surface area (Å²) in [6.45, 7) is 1.84. The van der Waals surface area contributed by atoms with Crippen molar-refractivity contribution in [3.63, 3.8) is 0 Å². The number of aromatic carboxylic acids is 1. The number of nitrogens with zero attached hydrogens (tertiary/aromatic N) is 1. The van der Waals surface area contributed by atoms with E-state index in [1.165, 1.54) is 23.7 Å². The predicted octanol–water partition coefficient (Wildman–Crippen LogP) is 2.88. The van der Waals surface area contributed by atoms with Gasteiger partial charge >= 0.3 is 5.97 Å². The second-order valence-electron chi connectivity index (χ2n) is 3.67. The van der Waals surface area contributed by atoms with Gasteiger partial charge in [-0.15, -0.1) is 0 Å². The first kappa shape index (κ1) is 11.7. The highest BCUT2D eigenvalue weighted by atomic mass is 32.1. The lowest BCUT2D eigenvalue weighted by atomic mass is 10.0. The minimum absolute atomic E-state index is 0.0943. The van der Waals surface area contributed by atoms with Crippen molar-refractivity contribution >= 4 is 17.5 Å². The molecule has 1 N–H and O–H groups in total. The van der Waals surface area contributed by atoms with Crippen LogP contribution in [0.3, 0.4) is 0 Å². The molecule has 0 aliphatic carbocycles. The smallest absolute Gasteiger partial charge is 0.355 e. The van der Waals surface area contributed by atoms with Crippen molar-refractivity contribution in [1.82, 2.24) is 4.37 Å². The predicted molar refractivity (Wildman–Crippen MR) is 63.0 cm³/mol. The van der Waals surface area contributed by atoms with Gasteiger partial charge in [-0.2, -0.15) is 4.37 Å². The Kier molecular flexibility index (Phi) is 3.19. The van der Waals surface area contributed by atoms with E-state index < -0.39 is 5.97 Å². The molecule has 0 saturated heterocycles. The number of benzene rings is 1. The quantitative estimate of drug-likeness (QED) is 0.912. The van der Waals surface area contributed by atoms with Gasteiger partial charge in [-0.3, -0.25) is 0 Å². The van der Waals surface area contributed by atoms with Crippen LogP contribution in [-0.2, 0) is 6.42 Å². The van der Waals surface area contributed by atoms with E-state index in [4.69, 9.17) is 5.11 Å². The number of aryl methyl sites for hydroxylation is 1. The van der Waals surface area contributed by atoms with E-state index in [0.29, 0.717) is 12.0 Å². The summed E-state index contributed by atoms with van der Waals surface area (Å²) in [6, 6.07) is 6.03. The van der Waals surface area contributed by atoms with Crippen LogP contribution in [-0.4, -0.2) is 15.4 Å². The van der Waals surface area contributed by atoms with Crippen LogP contribution in [0.2, 0.25) is 0 Å². The first-order valence-electron chi connectivity index (χ1n) is 5.01. The summed E-state index contributed by atoms with van der Waals surface area (Å²) in [4.78, 5) is 11.8. The topological polar surface area (TPSA) is 50.2 Å². The van der Waals surface area contributed by atoms with E-state index in [2.05, 4.69) is 4.37 Å².